The lowest BCUT2D eigenvalue weighted by molar-refractivity contribution is -0.128. The number of carbonyl (C=O) groups is 1. The van der Waals surface area contributed by atoms with Crippen LogP contribution in [0.3, 0.4) is 0 Å². The lowest BCUT2D eigenvalue weighted by Crippen LogP contribution is -2.44. The van der Waals surface area contributed by atoms with Crippen LogP contribution in [0.15, 0.2) is 0 Å². The maximum absolute atomic E-state index is 11.7. The van der Waals surface area contributed by atoms with Gasteiger partial charge in [0.25, 0.3) is 5.91 Å². The van der Waals surface area contributed by atoms with Gasteiger partial charge in [0.1, 0.15) is 0 Å². The van der Waals surface area contributed by atoms with E-state index in [-0.39, 0.29) is 11.4 Å². The van der Waals surface area contributed by atoms with E-state index < -0.39 is 0 Å². The van der Waals surface area contributed by atoms with Crippen LogP contribution < -0.4 is 0 Å². The molecular weight excluding hydrogens is 242 g/mol. The Bertz CT molecular complexity index is 291. The van der Waals surface area contributed by atoms with Crippen molar-refractivity contribution in [1.82, 2.24) is 4.90 Å². The third kappa shape index (κ3) is 1.56. The van der Waals surface area contributed by atoms with Crippen LogP contribution >= 0.6 is 15.9 Å². The highest BCUT2D eigenvalue weighted by atomic mass is 79.9. The van der Waals surface area contributed by atoms with Crippen molar-refractivity contribution in [3.8, 4) is 10.8 Å². The number of hydrogen-bond donors (Lipinski definition) is 0. The monoisotopic (exact) mass is 255 g/mol. The minimum Gasteiger partial charge on any atom is -0.326 e. The maximum Gasteiger partial charge on any atom is 0.299 e. The smallest absolute Gasteiger partial charge is 0.299 e. The van der Waals surface area contributed by atoms with Gasteiger partial charge in [-0.15, -0.1) is 0 Å². The molecule has 0 radical (unpaired) electrons. The molecule has 1 saturated heterocycles. The summed E-state index contributed by atoms with van der Waals surface area (Å²) in [6.07, 6.45) is 7.24. The molecule has 0 bridgehead atoms. The molecule has 0 N–H and O–H groups in total. The van der Waals surface area contributed by atoms with E-state index in [1.54, 1.807) is 0 Å². The first-order chi connectivity index (χ1) is 6.78. The number of nitrogens with zero attached hydrogens (tertiary/aromatic N) is 1. The normalized spacial score (nSPS) is 23.6. The molecule has 2 fully saturated rings. The van der Waals surface area contributed by atoms with Gasteiger partial charge in [-0.05, 0) is 30.5 Å². The summed E-state index contributed by atoms with van der Waals surface area (Å²) in [4.78, 5) is 16.3. The predicted molar refractivity (Wildman–Crippen MR) is 58.8 cm³/mol. The van der Waals surface area contributed by atoms with Crippen molar-refractivity contribution in [2.45, 2.75) is 44.1 Å². The van der Waals surface area contributed by atoms with Gasteiger partial charge in [-0.3, -0.25) is 4.79 Å². The maximum atomic E-state index is 11.7. The number of rotatable bonds is 0. The van der Waals surface area contributed by atoms with E-state index in [0.717, 1.165) is 13.0 Å². The van der Waals surface area contributed by atoms with Crippen molar-refractivity contribution in [2.24, 2.45) is 0 Å². The van der Waals surface area contributed by atoms with Gasteiger partial charge in [-0.2, -0.15) is 0 Å². The molecule has 3 heteroatoms. The first-order valence-corrected chi connectivity index (χ1v) is 6.01. The second kappa shape index (κ2) is 3.94. The second-order valence-corrected chi connectivity index (χ2v) is 4.61. The number of halogens is 1. The second-order valence-electron chi connectivity index (χ2n) is 4.21. The molecule has 2 aliphatic rings. The molecule has 0 atom stereocenters. The summed E-state index contributed by atoms with van der Waals surface area (Å²) >= 11 is 2.99. The fourth-order valence-electron chi connectivity index (χ4n) is 2.92. The van der Waals surface area contributed by atoms with E-state index in [1.807, 2.05) is 4.90 Å². The summed E-state index contributed by atoms with van der Waals surface area (Å²) in [5.74, 6) is 2.59. The molecule has 14 heavy (non-hydrogen) atoms. The first-order valence-electron chi connectivity index (χ1n) is 5.22. The van der Waals surface area contributed by atoms with Gasteiger partial charge in [0.15, 0.2) is 0 Å². The largest absolute Gasteiger partial charge is 0.326 e. The van der Waals surface area contributed by atoms with Gasteiger partial charge in [0.2, 0.25) is 0 Å². The van der Waals surface area contributed by atoms with Crippen LogP contribution in [-0.4, -0.2) is 22.9 Å². The fraction of sp³-hybridized carbons (Fsp3) is 0.727. The zero-order chi connectivity index (χ0) is 10.0. The van der Waals surface area contributed by atoms with Crippen LogP contribution in [0.25, 0.3) is 0 Å². The van der Waals surface area contributed by atoms with Crippen LogP contribution in [-0.2, 0) is 4.79 Å². The van der Waals surface area contributed by atoms with Gasteiger partial charge >= 0.3 is 0 Å². The number of carbonyl (C=O) groups excluding carboxylic acids is 1. The van der Waals surface area contributed by atoms with Crippen LogP contribution in [0.2, 0.25) is 0 Å². The van der Waals surface area contributed by atoms with E-state index in [2.05, 4.69) is 26.7 Å². The standard InChI is InChI=1S/C11H14BrNO/c12-8-4-10(14)13-9-3-7-11(13)5-1-2-6-11/h1-3,5-7,9H2. The Kier molecular flexibility index (Phi) is 2.83. The molecule has 1 aliphatic heterocycles. The Morgan fingerprint density at radius 1 is 1.21 bits per heavy atom. The highest BCUT2D eigenvalue weighted by molar-refractivity contribution is 9.12. The zero-order valence-electron chi connectivity index (χ0n) is 8.18. The van der Waals surface area contributed by atoms with E-state index in [4.69, 9.17) is 0 Å². The van der Waals surface area contributed by atoms with E-state index >= 15 is 0 Å². The Morgan fingerprint density at radius 2 is 1.86 bits per heavy atom. The molecule has 2 rings (SSSR count). The van der Waals surface area contributed by atoms with Crippen LogP contribution in [0.5, 0.6) is 0 Å². The van der Waals surface area contributed by atoms with Crippen molar-refractivity contribution < 1.29 is 4.79 Å². The molecule has 2 nitrogen and oxygen atoms in total. The molecule has 1 amide bonds. The fourth-order valence-corrected chi connectivity index (χ4v) is 3.09. The van der Waals surface area contributed by atoms with Gasteiger partial charge in [0, 0.05) is 33.9 Å². The molecule has 0 aromatic heterocycles. The Morgan fingerprint density at radius 3 is 2.50 bits per heavy atom. The Hall–Kier alpha value is -0.490. The number of amides is 1. The van der Waals surface area contributed by atoms with Crippen molar-refractivity contribution in [3.63, 3.8) is 0 Å². The van der Waals surface area contributed by atoms with E-state index in [9.17, 15) is 4.79 Å². The van der Waals surface area contributed by atoms with Crippen molar-refractivity contribution in [3.05, 3.63) is 0 Å². The summed E-state index contributed by atoms with van der Waals surface area (Å²) in [5.41, 5.74) is 0.188. The summed E-state index contributed by atoms with van der Waals surface area (Å²) in [6, 6.07) is 0. The Labute approximate surface area is 93.2 Å². The molecule has 0 unspecified atom stereocenters. The molecule has 1 heterocycles. The van der Waals surface area contributed by atoms with Gasteiger partial charge in [-0.1, -0.05) is 12.8 Å². The topological polar surface area (TPSA) is 20.3 Å². The third-order valence-corrected chi connectivity index (χ3v) is 3.73. The van der Waals surface area contributed by atoms with Gasteiger partial charge in [0.05, 0.1) is 0 Å². The van der Waals surface area contributed by atoms with Crippen molar-refractivity contribution in [2.75, 3.05) is 6.54 Å². The molecule has 0 aromatic carbocycles. The number of likely N-dealkylation sites (tertiary alicyclic amines) is 1. The quantitative estimate of drug-likeness (QED) is 0.609. The lowest BCUT2D eigenvalue weighted by atomic mass is 9.94. The molecule has 0 aromatic rings. The zero-order valence-corrected chi connectivity index (χ0v) is 9.77. The minimum absolute atomic E-state index is 0.00118. The molecule has 1 spiro atoms. The first kappa shape index (κ1) is 10.0. The molecule has 76 valence electrons. The van der Waals surface area contributed by atoms with E-state index in [1.165, 1.54) is 32.1 Å². The van der Waals surface area contributed by atoms with Gasteiger partial charge in [-0.25, -0.2) is 0 Å². The average molecular weight is 256 g/mol. The molecule has 1 saturated carbocycles. The van der Waals surface area contributed by atoms with Crippen LogP contribution in [0.1, 0.15) is 38.5 Å². The van der Waals surface area contributed by atoms with Crippen LogP contribution in [0.4, 0.5) is 0 Å². The van der Waals surface area contributed by atoms with E-state index in [0.29, 0.717) is 0 Å². The van der Waals surface area contributed by atoms with Crippen molar-refractivity contribution >= 4 is 21.8 Å². The summed E-state index contributed by atoms with van der Waals surface area (Å²) < 4.78 is 0. The summed E-state index contributed by atoms with van der Waals surface area (Å²) in [5, 5.41) is 0. The third-order valence-electron chi connectivity index (χ3n) is 3.53. The number of hydrogen-bond acceptors (Lipinski definition) is 1. The Balaban J connectivity index is 2.16. The predicted octanol–water partition coefficient (Wildman–Crippen LogP) is 2.28. The molecule has 1 aliphatic carbocycles. The minimum atomic E-state index is 0.00118. The van der Waals surface area contributed by atoms with Crippen molar-refractivity contribution in [1.29, 1.82) is 0 Å². The van der Waals surface area contributed by atoms with Crippen LogP contribution in [0, 0.1) is 10.8 Å². The average Bonchev–Trinajstić information content (AvgIpc) is 2.78. The highest BCUT2D eigenvalue weighted by Crippen LogP contribution is 2.42. The SMILES string of the molecule is O=C(C#CBr)N1CCCC12CCCC2. The molecular formula is C11H14BrNO. The lowest BCUT2D eigenvalue weighted by Gasteiger charge is -2.33. The summed E-state index contributed by atoms with van der Waals surface area (Å²) in [6.45, 7) is 0.903. The van der Waals surface area contributed by atoms with Gasteiger partial charge < -0.3 is 4.90 Å². The summed E-state index contributed by atoms with van der Waals surface area (Å²) in [7, 11) is 0. The highest BCUT2D eigenvalue weighted by Gasteiger charge is 2.44.